The van der Waals surface area contributed by atoms with Crippen molar-refractivity contribution in [3.05, 3.63) is 115 Å². The number of rotatable bonds is 4. The lowest BCUT2D eigenvalue weighted by atomic mass is 9.97. The average molecular weight is 486 g/mol. The lowest BCUT2D eigenvalue weighted by Crippen LogP contribution is -2.16. The number of benzene rings is 3. The third kappa shape index (κ3) is 3.91. The topological polar surface area (TPSA) is 87.5 Å². The molecule has 34 heavy (non-hydrogen) atoms. The Bertz CT molecular complexity index is 1620. The number of aliphatic imine (C=N–C) groups is 1. The van der Waals surface area contributed by atoms with Gasteiger partial charge >= 0.3 is 0 Å². The molecule has 0 bridgehead atoms. The van der Waals surface area contributed by atoms with Crippen molar-refractivity contribution >= 4 is 53.2 Å². The Balaban J connectivity index is 1.60. The fourth-order valence-corrected chi connectivity index (χ4v) is 4.17. The van der Waals surface area contributed by atoms with Crippen LogP contribution >= 0.6 is 23.8 Å². The van der Waals surface area contributed by atoms with Crippen LogP contribution in [0, 0.1) is 4.77 Å². The highest BCUT2D eigenvalue weighted by atomic mass is 35.5. The van der Waals surface area contributed by atoms with Crippen molar-refractivity contribution in [1.29, 1.82) is 0 Å². The molecule has 166 valence electrons. The summed E-state index contributed by atoms with van der Waals surface area (Å²) < 4.78 is 1.39. The van der Waals surface area contributed by atoms with Crippen LogP contribution in [0.2, 0.25) is 5.02 Å². The van der Waals surface area contributed by atoms with Crippen LogP contribution in [0.3, 0.4) is 0 Å². The number of aromatic amines is 1. The minimum absolute atomic E-state index is 0.0117. The maximum atomic E-state index is 12.9. The van der Waals surface area contributed by atoms with Crippen LogP contribution in [0.15, 0.2) is 82.6 Å². The number of carbonyl (C=O) groups excluding carboxylic acids is 1. The first-order valence-electron chi connectivity index (χ1n) is 10.3. The van der Waals surface area contributed by atoms with Gasteiger partial charge < -0.3 is 5.11 Å². The predicted molar refractivity (Wildman–Crippen MR) is 136 cm³/mol. The largest absolute Gasteiger partial charge is 0.494 e. The Kier molecular flexibility index (Phi) is 5.57. The van der Waals surface area contributed by atoms with Gasteiger partial charge in [0.25, 0.3) is 5.56 Å². The molecule has 5 rings (SSSR count). The summed E-state index contributed by atoms with van der Waals surface area (Å²) in [7, 11) is 0. The molecule has 2 N–H and O–H groups in total. The number of H-pyrrole nitrogens is 1. The van der Waals surface area contributed by atoms with Crippen LogP contribution in [0.5, 0.6) is 5.88 Å². The molecule has 0 saturated heterocycles. The smallest absolute Gasteiger partial charge is 0.262 e. The maximum Gasteiger partial charge on any atom is 0.262 e. The number of ketones is 1. The number of hydrogen-bond donors (Lipinski definition) is 2. The number of carbonyl (C=O) groups is 1. The van der Waals surface area contributed by atoms with Gasteiger partial charge in [-0.15, -0.1) is 0 Å². The lowest BCUT2D eigenvalue weighted by molar-refractivity contribution is 0.103. The summed E-state index contributed by atoms with van der Waals surface area (Å²) in [6.07, 6.45) is 3.12. The molecule has 0 saturated carbocycles. The Morgan fingerprint density at radius 1 is 1.03 bits per heavy atom. The van der Waals surface area contributed by atoms with Crippen LogP contribution in [0.25, 0.3) is 17.3 Å². The Hall–Kier alpha value is -4.07. The van der Waals surface area contributed by atoms with Gasteiger partial charge in [-0.1, -0.05) is 41.9 Å². The van der Waals surface area contributed by atoms with E-state index in [0.717, 1.165) is 0 Å². The third-order valence-electron chi connectivity index (χ3n) is 5.45. The molecule has 4 aromatic rings. The monoisotopic (exact) mass is 485 g/mol. The average Bonchev–Trinajstić information content (AvgIpc) is 3.25. The number of nitrogens with zero attached hydrogens (tertiary/aromatic N) is 2. The first kappa shape index (κ1) is 21.8. The van der Waals surface area contributed by atoms with Crippen molar-refractivity contribution in [2.45, 2.75) is 0 Å². The van der Waals surface area contributed by atoms with E-state index in [0.29, 0.717) is 38.7 Å². The summed E-state index contributed by atoms with van der Waals surface area (Å²) in [5.74, 6) is -0.437. The molecule has 0 amide bonds. The van der Waals surface area contributed by atoms with Crippen molar-refractivity contribution in [3.63, 3.8) is 0 Å². The maximum absolute atomic E-state index is 12.9. The highest BCUT2D eigenvalue weighted by molar-refractivity contribution is 7.71. The van der Waals surface area contributed by atoms with Crippen molar-refractivity contribution in [1.82, 2.24) is 9.55 Å². The first-order valence-corrected chi connectivity index (χ1v) is 11.0. The molecule has 0 spiro atoms. The number of aromatic nitrogens is 2. The minimum atomic E-state index is -0.543. The van der Waals surface area contributed by atoms with E-state index in [1.165, 1.54) is 10.6 Å². The molecular weight excluding hydrogens is 470 g/mol. The Labute approximate surface area is 204 Å². The quantitative estimate of drug-likeness (QED) is 0.285. The van der Waals surface area contributed by atoms with Crippen LogP contribution in [-0.2, 0) is 0 Å². The summed E-state index contributed by atoms with van der Waals surface area (Å²) >= 11 is 11.2. The number of halogens is 1. The van der Waals surface area contributed by atoms with Gasteiger partial charge in [0.05, 0.1) is 11.4 Å². The summed E-state index contributed by atoms with van der Waals surface area (Å²) in [5, 5.41) is 11.5. The normalized spacial score (nSPS) is 13.3. The molecular formula is C26H16ClN3O3S. The number of fused-ring (bicyclic) bond motifs is 1. The zero-order valence-electron chi connectivity index (χ0n) is 17.5. The summed E-state index contributed by atoms with van der Waals surface area (Å²) in [4.78, 5) is 32.6. The number of allylic oxidation sites excluding steroid dienone is 1. The first-order chi connectivity index (χ1) is 16.4. The molecule has 1 aliphatic heterocycles. The van der Waals surface area contributed by atoms with Crippen molar-refractivity contribution < 1.29 is 9.90 Å². The molecule has 3 aromatic carbocycles. The molecule has 8 heteroatoms. The third-order valence-corrected chi connectivity index (χ3v) is 5.99. The van der Waals surface area contributed by atoms with Crippen LogP contribution in [0.4, 0.5) is 5.69 Å². The molecule has 0 aliphatic carbocycles. The van der Waals surface area contributed by atoms with E-state index in [2.05, 4.69) is 9.98 Å². The van der Waals surface area contributed by atoms with E-state index in [1.807, 2.05) is 18.2 Å². The second kappa shape index (κ2) is 8.70. The SMILES string of the molecule is O=C(c1ccccc1)c1ccc2c(c1)C(=Cc1c(O)n(-c3ccc(Cl)cc3)c(=S)[nH]c1=O)C=N2. The van der Waals surface area contributed by atoms with Gasteiger partial charge in [0.1, 0.15) is 5.56 Å². The molecule has 1 aromatic heterocycles. The van der Waals surface area contributed by atoms with Gasteiger partial charge in [-0.3, -0.25) is 24.1 Å². The summed E-state index contributed by atoms with van der Waals surface area (Å²) in [5.41, 5.74) is 3.01. The zero-order valence-corrected chi connectivity index (χ0v) is 19.1. The van der Waals surface area contributed by atoms with Crippen LogP contribution < -0.4 is 5.56 Å². The van der Waals surface area contributed by atoms with Crippen molar-refractivity contribution in [3.8, 4) is 11.6 Å². The highest BCUT2D eigenvalue weighted by Gasteiger charge is 2.19. The van der Waals surface area contributed by atoms with E-state index >= 15 is 0 Å². The molecule has 6 nitrogen and oxygen atoms in total. The van der Waals surface area contributed by atoms with Crippen molar-refractivity contribution in [2.24, 2.45) is 4.99 Å². The zero-order chi connectivity index (χ0) is 23.8. The Morgan fingerprint density at radius 3 is 2.50 bits per heavy atom. The van der Waals surface area contributed by atoms with Gasteiger partial charge in [0.2, 0.25) is 5.88 Å². The second-order valence-corrected chi connectivity index (χ2v) is 8.42. The van der Waals surface area contributed by atoms with E-state index in [1.54, 1.807) is 60.8 Å². The van der Waals surface area contributed by atoms with Gasteiger partial charge in [-0.25, -0.2) is 0 Å². The fraction of sp³-hybridized carbons (Fsp3) is 0. The summed E-state index contributed by atoms with van der Waals surface area (Å²) in [6.45, 7) is 0. The van der Waals surface area contributed by atoms with Crippen LogP contribution in [0.1, 0.15) is 27.0 Å². The standard InChI is InChI=1S/C26H16ClN3O3S/c27-18-7-9-19(10-8-18)30-25(33)21(24(32)29-26(30)34)13-17-14-28-22-11-6-16(12-20(17)22)23(31)15-4-2-1-3-5-15/h1-14,33H,(H,29,32,34). The predicted octanol–water partition coefficient (Wildman–Crippen LogP) is 5.74. The van der Waals surface area contributed by atoms with E-state index in [4.69, 9.17) is 23.8 Å². The van der Waals surface area contributed by atoms with Crippen LogP contribution in [-0.4, -0.2) is 26.7 Å². The molecule has 2 heterocycles. The van der Waals surface area contributed by atoms with E-state index in [9.17, 15) is 14.7 Å². The molecule has 0 unspecified atom stereocenters. The minimum Gasteiger partial charge on any atom is -0.494 e. The van der Waals surface area contributed by atoms with E-state index < -0.39 is 5.56 Å². The number of aromatic hydroxyl groups is 1. The van der Waals surface area contributed by atoms with E-state index in [-0.39, 0.29) is 22.0 Å². The highest BCUT2D eigenvalue weighted by Crippen LogP contribution is 2.35. The Morgan fingerprint density at radius 2 is 1.76 bits per heavy atom. The number of nitrogens with one attached hydrogen (secondary N) is 1. The van der Waals surface area contributed by atoms with Crippen molar-refractivity contribution in [2.75, 3.05) is 0 Å². The lowest BCUT2D eigenvalue weighted by Gasteiger charge is -2.12. The summed E-state index contributed by atoms with van der Waals surface area (Å²) in [6, 6.07) is 20.9. The van der Waals surface area contributed by atoms with Gasteiger partial charge in [0, 0.05) is 33.5 Å². The van der Waals surface area contributed by atoms with Gasteiger partial charge in [-0.05, 0) is 60.8 Å². The number of hydrogen-bond acceptors (Lipinski definition) is 5. The second-order valence-electron chi connectivity index (χ2n) is 7.59. The molecule has 1 aliphatic rings. The van der Waals surface area contributed by atoms with Gasteiger partial charge in [-0.2, -0.15) is 0 Å². The molecule has 0 atom stereocenters. The van der Waals surface area contributed by atoms with Gasteiger partial charge in [0.15, 0.2) is 10.6 Å². The molecule has 0 radical (unpaired) electrons. The molecule has 0 fully saturated rings. The fourth-order valence-electron chi connectivity index (χ4n) is 3.75.